The van der Waals surface area contributed by atoms with Gasteiger partial charge in [0, 0.05) is 19.7 Å². The van der Waals surface area contributed by atoms with Crippen molar-refractivity contribution >= 4 is 10.0 Å². The highest BCUT2D eigenvalue weighted by atomic mass is 32.2. The molecule has 2 rings (SSSR count). The van der Waals surface area contributed by atoms with E-state index in [1.54, 1.807) is 13.8 Å². The highest BCUT2D eigenvalue weighted by Crippen LogP contribution is 2.26. The Bertz CT molecular complexity index is 586. The lowest BCUT2D eigenvalue weighted by Gasteiger charge is -2.25. The number of aryl methyl sites for hydroxylation is 2. The van der Waals surface area contributed by atoms with Crippen molar-refractivity contribution in [3.63, 3.8) is 0 Å². The van der Waals surface area contributed by atoms with E-state index in [4.69, 9.17) is 4.74 Å². The van der Waals surface area contributed by atoms with Crippen molar-refractivity contribution < 1.29 is 17.5 Å². The van der Waals surface area contributed by atoms with Gasteiger partial charge in [0.25, 0.3) is 0 Å². The van der Waals surface area contributed by atoms with Crippen LogP contribution in [0.15, 0.2) is 17.0 Å². The van der Waals surface area contributed by atoms with Gasteiger partial charge in [0.1, 0.15) is 5.82 Å². The minimum absolute atomic E-state index is 0.227. The van der Waals surface area contributed by atoms with E-state index in [1.165, 1.54) is 16.4 Å². The molecule has 0 saturated carbocycles. The maximum atomic E-state index is 13.4. The smallest absolute Gasteiger partial charge is 0.243 e. The highest BCUT2D eigenvalue weighted by molar-refractivity contribution is 7.89. The summed E-state index contributed by atoms with van der Waals surface area (Å²) >= 11 is 0. The van der Waals surface area contributed by atoms with E-state index in [1.807, 2.05) is 6.92 Å². The third-order valence-electron chi connectivity index (χ3n) is 3.86. The van der Waals surface area contributed by atoms with Gasteiger partial charge in [0.2, 0.25) is 10.0 Å². The summed E-state index contributed by atoms with van der Waals surface area (Å²) in [5.41, 5.74) is 0.905. The molecule has 1 unspecified atom stereocenters. The number of rotatable bonds is 5. The molecule has 1 atom stereocenters. The lowest BCUT2D eigenvalue weighted by Crippen LogP contribution is -2.36. The number of sulfonamides is 1. The Kier molecular flexibility index (Phi) is 5.01. The van der Waals surface area contributed by atoms with Crippen LogP contribution in [0.4, 0.5) is 4.39 Å². The molecule has 4 nitrogen and oxygen atoms in total. The molecule has 0 spiro atoms. The summed E-state index contributed by atoms with van der Waals surface area (Å²) < 4.78 is 45.9. The predicted octanol–water partition coefficient (Wildman–Crippen LogP) is 2.49. The molecule has 1 heterocycles. The van der Waals surface area contributed by atoms with Crippen LogP contribution in [0.3, 0.4) is 0 Å². The first kappa shape index (κ1) is 16.4. The molecule has 0 radical (unpaired) electrons. The van der Waals surface area contributed by atoms with Crippen LogP contribution in [0.1, 0.15) is 24.5 Å². The van der Waals surface area contributed by atoms with Gasteiger partial charge in [-0.1, -0.05) is 6.92 Å². The lowest BCUT2D eigenvalue weighted by molar-refractivity contribution is 0.181. The zero-order valence-corrected chi connectivity index (χ0v) is 13.5. The minimum atomic E-state index is -3.61. The van der Waals surface area contributed by atoms with Crippen LogP contribution in [0.25, 0.3) is 0 Å². The maximum Gasteiger partial charge on any atom is 0.243 e. The maximum absolute atomic E-state index is 13.4. The molecule has 0 amide bonds. The Morgan fingerprint density at radius 3 is 2.43 bits per heavy atom. The zero-order valence-electron chi connectivity index (χ0n) is 12.7. The molecule has 1 aliphatic rings. The van der Waals surface area contributed by atoms with Crippen LogP contribution in [0.2, 0.25) is 0 Å². The molecule has 1 aromatic rings. The topological polar surface area (TPSA) is 46.6 Å². The van der Waals surface area contributed by atoms with E-state index < -0.39 is 15.8 Å². The van der Waals surface area contributed by atoms with Crippen LogP contribution in [0.5, 0.6) is 0 Å². The fourth-order valence-corrected chi connectivity index (χ4v) is 4.78. The summed E-state index contributed by atoms with van der Waals surface area (Å²) in [6, 6.07) is 2.54. The van der Waals surface area contributed by atoms with Crippen molar-refractivity contribution in [1.29, 1.82) is 0 Å². The van der Waals surface area contributed by atoms with Crippen molar-refractivity contribution in [2.75, 3.05) is 26.3 Å². The number of hydrogen-bond acceptors (Lipinski definition) is 3. The second kappa shape index (κ2) is 6.42. The van der Waals surface area contributed by atoms with E-state index in [2.05, 4.69) is 0 Å². The average Bonchev–Trinajstić information content (AvgIpc) is 2.86. The first-order chi connectivity index (χ1) is 9.86. The van der Waals surface area contributed by atoms with Crippen LogP contribution >= 0.6 is 0 Å². The summed E-state index contributed by atoms with van der Waals surface area (Å²) in [5.74, 6) is -0.169. The molecule has 1 fully saturated rings. The number of hydrogen-bond donors (Lipinski definition) is 0. The Morgan fingerprint density at radius 2 is 1.95 bits per heavy atom. The molecule has 0 bridgehead atoms. The summed E-state index contributed by atoms with van der Waals surface area (Å²) in [5, 5.41) is 0. The number of nitrogens with zero attached hydrogens (tertiary/aromatic N) is 1. The van der Waals surface area contributed by atoms with Gasteiger partial charge in [-0.15, -0.1) is 0 Å². The summed E-state index contributed by atoms with van der Waals surface area (Å²) in [6.45, 7) is 7.24. The van der Waals surface area contributed by atoms with Gasteiger partial charge in [0.15, 0.2) is 0 Å². The summed E-state index contributed by atoms with van der Waals surface area (Å²) in [7, 11) is -3.61. The van der Waals surface area contributed by atoms with Gasteiger partial charge in [0.05, 0.1) is 11.5 Å². The first-order valence-electron chi connectivity index (χ1n) is 7.21. The summed E-state index contributed by atoms with van der Waals surface area (Å²) in [4.78, 5) is 0.227. The van der Waals surface area contributed by atoms with Crippen molar-refractivity contribution in [2.24, 2.45) is 5.92 Å². The second-order valence-corrected chi connectivity index (χ2v) is 7.43. The summed E-state index contributed by atoms with van der Waals surface area (Å²) in [6.07, 6.45) is 0.882. The van der Waals surface area contributed by atoms with Gasteiger partial charge in [-0.25, -0.2) is 12.8 Å². The molecule has 118 valence electrons. The Morgan fingerprint density at radius 1 is 1.33 bits per heavy atom. The van der Waals surface area contributed by atoms with Crippen LogP contribution in [0, 0.1) is 25.6 Å². The fourth-order valence-electron chi connectivity index (χ4n) is 2.85. The molecular formula is C15H22FNO3S. The fraction of sp³-hybridized carbons (Fsp3) is 0.600. The minimum Gasteiger partial charge on any atom is -0.381 e. The normalized spacial score (nSPS) is 19.4. The standard InChI is InChI=1S/C15H22FNO3S/c1-4-17(9-13-5-6-20-10-13)21(18,19)15-11(2)7-14(16)8-12(15)3/h7-8,13H,4-6,9-10H2,1-3H3. The van der Waals surface area contributed by atoms with Gasteiger partial charge in [-0.3, -0.25) is 0 Å². The molecule has 1 aromatic carbocycles. The largest absolute Gasteiger partial charge is 0.381 e. The van der Waals surface area contributed by atoms with E-state index in [9.17, 15) is 12.8 Å². The van der Waals surface area contributed by atoms with Crippen molar-refractivity contribution in [3.8, 4) is 0 Å². The second-order valence-electron chi connectivity index (χ2n) is 5.55. The van der Waals surface area contributed by atoms with E-state index in [0.717, 1.165) is 6.42 Å². The Labute approximate surface area is 126 Å². The van der Waals surface area contributed by atoms with Gasteiger partial charge < -0.3 is 4.74 Å². The highest BCUT2D eigenvalue weighted by Gasteiger charge is 2.30. The lowest BCUT2D eigenvalue weighted by atomic mass is 10.1. The Balaban J connectivity index is 2.35. The molecule has 6 heteroatoms. The van der Waals surface area contributed by atoms with Gasteiger partial charge >= 0.3 is 0 Å². The van der Waals surface area contributed by atoms with E-state index >= 15 is 0 Å². The SMILES string of the molecule is CCN(CC1CCOC1)S(=O)(=O)c1c(C)cc(F)cc1C. The van der Waals surface area contributed by atoms with Crippen LogP contribution in [-0.4, -0.2) is 39.0 Å². The predicted molar refractivity (Wildman–Crippen MR) is 79.2 cm³/mol. The van der Waals surface area contributed by atoms with Crippen LogP contribution < -0.4 is 0 Å². The molecule has 0 aliphatic carbocycles. The first-order valence-corrected chi connectivity index (χ1v) is 8.65. The number of halogens is 1. The molecular weight excluding hydrogens is 293 g/mol. The monoisotopic (exact) mass is 315 g/mol. The van der Waals surface area contributed by atoms with Crippen LogP contribution in [-0.2, 0) is 14.8 Å². The molecule has 1 saturated heterocycles. The van der Waals surface area contributed by atoms with Gasteiger partial charge in [-0.05, 0) is 49.4 Å². The molecule has 21 heavy (non-hydrogen) atoms. The van der Waals surface area contributed by atoms with Crippen molar-refractivity contribution in [2.45, 2.75) is 32.1 Å². The molecule has 0 N–H and O–H groups in total. The van der Waals surface area contributed by atoms with E-state index in [-0.39, 0.29) is 10.8 Å². The van der Waals surface area contributed by atoms with E-state index in [0.29, 0.717) is 37.4 Å². The number of ether oxygens (including phenoxy) is 1. The number of benzene rings is 1. The quantitative estimate of drug-likeness (QED) is 0.838. The van der Waals surface area contributed by atoms with Crippen molar-refractivity contribution in [3.05, 3.63) is 29.1 Å². The third kappa shape index (κ3) is 3.44. The van der Waals surface area contributed by atoms with Crippen molar-refractivity contribution in [1.82, 2.24) is 4.31 Å². The average molecular weight is 315 g/mol. The Hall–Kier alpha value is -0.980. The zero-order chi connectivity index (χ0) is 15.6. The van der Waals surface area contributed by atoms with Gasteiger partial charge in [-0.2, -0.15) is 4.31 Å². The molecule has 1 aliphatic heterocycles. The molecule has 0 aromatic heterocycles. The third-order valence-corrected chi connectivity index (χ3v) is 6.11.